The van der Waals surface area contributed by atoms with Crippen molar-refractivity contribution in [2.45, 2.75) is 38.7 Å². The average Bonchev–Trinajstić information content (AvgIpc) is 2.56. The lowest BCUT2D eigenvalue weighted by molar-refractivity contribution is -0.0785. The summed E-state index contributed by atoms with van der Waals surface area (Å²) in [7, 11) is 0. The number of nitrogens with zero attached hydrogens (tertiary/aromatic N) is 4. The fourth-order valence-electron chi connectivity index (χ4n) is 3.94. The van der Waals surface area contributed by atoms with Crippen LogP contribution in [-0.4, -0.2) is 95.5 Å². The molecule has 0 spiro atoms. The molecule has 3 rings (SSSR count). The first-order valence-corrected chi connectivity index (χ1v) is 9.49. The molecule has 0 aromatic carbocycles. The molecule has 0 bridgehead atoms. The molecule has 6 heteroatoms. The first kappa shape index (κ1) is 18.7. The molecule has 140 valence electrons. The van der Waals surface area contributed by atoms with Gasteiger partial charge in [-0.25, -0.2) is 0 Å². The normalized spacial score (nSPS) is 28.1. The molecule has 2 aliphatic rings. The minimum atomic E-state index is -0.292. The van der Waals surface area contributed by atoms with E-state index < -0.39 is 0 Å². The van der Waals surface area contributed by atoms with Gasteiger partial charge in [0.1, 0.15) is 0 Å². The number of pyridine rings is 1. The van der Waals surface area contributed by atoms with E-state index in [4.69, 9.17) is 4.74 Å². The van der Waals surface area contributed by atoms with Crippen molar-refractivity contribution in [1.29, 1.82) is 0 Å². The van der Waals surface area contributed by atoms with Gasteiger partial charge >= 0.3 is 0 Å². The van der Waals surface area contributed by atoms with Crippen LogP contribution in [0.5, 0.6) is 0 Å². The summed E-state index contributed by atoms with van der Waals surface area (Å²) in [5, 5.41) is 10.5. The molecular formula is C19H32N4O2. The van der Waals surface area contributed by atoms with Crippen LogP contribution in [0.25, 0.3) is 0 Å². The van der Waals surface area contributed by atoms with Gasteiger partial charge in [-0.15, -0.1) is 0 Å². The number of aliphatic hydroxyl groups is 1. The number of hydrogen-bond acceptors (Lipinski definition) is 6. The SMILES string of the molecule is CC1CN(CC(O)CN2CCN(Cc3ccccn3)CC2)CC(C)O1. The van der Waals surface area contributed by atoms with Crippen molar-refractivity contribution in [2.24, 2.45) is 0 Å². The lowest BCUT2D eigenvalue weighted by atomic mass is 10.2. The fourth-order valence-corrected chi connectivity index (χ4v) is 3.94. The highest BCUT2D eigenvalue weighted by atomic mass is 16.5. The van der Waals surface area contributed by atoms with Crippen LogP contribution < -0.4 is 0 Å². The highest BCUT2D eigenvalue weighted by Gasteiger charge is 2.25. The zero-order valence-corrected chi connectivity index (χ0v) is 15.5. The highest BCUT2D eigenvalue weighted by molar-refractivity contribution is 5.03. The summed E-state index contributed by atoms with van der Waals surface area (Å²) >= 11 is 0. The van der Waals surface area contributed by atoms with E-state index in [2.05, 4.69) is 39.6 Å². The van der Waals surface area contributed by atoms with Crippen molar-refractivity contribution in [2.75, 3.05) is 52.4 Å². The number of aromatic nitrogens is 1. The lowest BCUT2D eigenvalue weighted by Gasteiger charge is -2.38. The number of hydrogen-bond donors (Lipinski definition) is 1. The summed E-state index contributed by atoms with van der Waals surface area (Å²) in [6.45, 7) is 12.6. The van der Waals surface area contributed by atoms with E-state index in [1.54, 1.807) is 0 Å². The summed E-state index contributed by atoms with van der Waals surface area (Å²) in [5.74, 6) is 0. The van der Waals surface area contributed by atoms with Gasteiger partial charge in [0.25, 0.3) is 0 Å². The Labute approximate surface area is 151 Å². The maximum Gasteiger partial charge on any atom is 0.0793 e. The predicted molar refractivity (Wildman–Crippen MR) is 98.4 cm³/mol. The van der Waals surface area contributed by atoms with Crippen molar-refractivity contribution in [3.05, 3.63) is 30.1 Å². The number of aliphatic hydroxyl groups excluding tert-OH is 1. The largest absolute Gasteiger partial charge is 0.390 e. The molecule has 25 heavy (non-hydrogen) atoms. The molecule has 1 aromatic heterocycles. The Balaban J connectivity index is 1.37. The van der Waals surface area contributed by atoms with Crippen LogP contribution in [0.2, 0.25) is 0 Å². The van der Waals surface area contributed by atoms with Crippen molar-refractivity contribution in [3.63, 3.8) is 0 Å². The number of rotatable bonds is 6. The van der Waals surface area contributed by atoms with Crippen LogP contribution in [0.1, 0.15) is 19.5 Å². The third-order valence-electron chi connectivity index (χ3n) is 5.01. The van der Waals surface area contributed by atoms with Gasteiger partial charge in [0.15, 0.2) is 0 Å². The van der Waals surface area contributed by atoms with Crippen molar-refractivity contribution >= 4 is 0 Å². The summed E-state index contributed by atoms with van der Waals surface area (Å²) in [4.78, 5) is 11.6. The predicted octanol–water partition coefficient (Wildman–Crippen LogP) is 0.669. The van der Waals surface area contributed by atoms with E-state index in [0.717, 1.165) is 64.6 Å². The summed E-state index contributed by atoms with van der Waals surface area (Å²) < 4.78 is 5.76. The molecule has 0 amide bonds. The quantitative estimate of drug-likeness (QED) is 0.816. The van der Waals surface area contributed by atoms with Gasteiger partial charge in [-0.3, -0.25) is 19.7 Å². The maximum absolute atomic E-state index is 10.5. The Hall–Kier alpha value is -1.05. The molecule has 3 atom stereocenters. The van der Waals surface area contributed by atoms with Crippen molar-refractivity contribution in [3.8, 4) is 0 Å². The number of β-amino-alcohol motifs (C(OH)–C–C–N with tert-alkyl or cyclic N) is 1. The van der Waals surface area contributed by atoms with Crippen LogP contribution in [0.3, 0.4) is 0 Å². The Bertz CT molecular complexity index is 497. The summed E-state index contributed by atoms with van der Waals surface area (Å²) in [6.07, 6.45) is 2.08. The molecular weight excluding hydrogens is 316 g/mol. The molecule has 3 heterocycles. The van der Waals surface area contributed by atoms with Gasteiger partial charge in [-0.05, 0) is 26.0 Å². The molecule has 1 N–H and O–H groups in total. The van der Waals surface area contributed by atoms with E-state index in [1.165, 1.54) is 0 Å². The topological polar surface area (TPSA) is 52.1 Å². The van der Waals surface area contributed by atoms with Gasteiger partial charge < -0.3 is 9.84 Å². The van der Waals surface area contributed by atoms with Crippen LogP contribution in [0.4, 0.5) is 0 Å². The maximum atomic E-state index is 10.5. The molecule has 2 saturated heterocycles. The zero-order valence-electron chi connectivity index (χ0n) is 15.5. The second-order valence-corrected chi connectivity index (χ2v) is 7.53. The highest BCUT2D eigenvalue weighted by Crippen LogP contribution is 2.12. The van der Waals surface area contributed by atoms with Crippen LogP contribution in [-0.2, 0) is 11.3 Å². The second kappa shape index (κ2) is 9.05. The Morgan fingerprint density at radius 1 is 1.04 bits per heavy atom. The Morgan fingerprint density at radius 3 is 2.32 bits per heavy atom. The molecule has 2 aliphatic heterocycles. The average molecular weight is 348 g/mol. The minimum Gasteiger partial charge on any atom is -0.390 e. The Kier molecular flexibility index (Phi) is 6.78. The molecule has 6 nitrogen and oxygen atoms in total. The monoisotopic (exact) mass is 348 g/mol. The van der Waals surface area contributed by atoms with Gasteiger partial charge in [0.05, 0.1) is 24.0 Å². The van der Waals surface area contributed by atoms with E-state index in [1.807, 2.05) is 18.3 Å². The molecule has 1 aromatic rings. The number of morpholine rings is 1. The summed E-state index contributed by atoms with van der Waals surface area (Å²) in [5.41, 5.74) is 1.13. The number of ether oxygens (including phenoxy) is 1. The lowest BCUT2D eigenvalue weighted by Crippen LogP contribution is -2.52. The van der Waals surface area contributed by atoms with Gasteiger partial charge in [0, 0.05) is 65.1 Å². The molecule has 3 unspecified atom stereocenters. The Morgan fingerprint density at radius 2 is 1.68 bits per heavy atom. The van der Waals surface area contributed by atoms with E-state index in [-0.39, 0.29) is 18.3 Å². The van der Waals surface area contributed by atoms with Crippen LogP contribution >= 0.6 is 0 Å². The molecule has 0 aliphatic carbocycles. The van der Waals surface area contributed by atoms with Crippen molar-refractivity contribution < 1.29 is 9.84 Å². The van der Waals surface area contributed by atoms with Gasteiger partial charge in [-0.1, -0.05) is 6.07 Å². The van der Waals surface area contributed by atoms with Gasteiger partial charge in [-0.2, -0.15) is 0 Å². The minimum absolute atomic E-state index is 0.256. The van der Waals surface area contributed by atoms with E-state index in [9.17, 15) is 5.11 Å². The number of piperazine rings is 1. The van der Waals surface area contributed by atoms with E-state index in [0.29, 0.717) is 0 Å². The second-order valence-electron chi connectivity index (χ2n) is 7.53. The van der Waals surface area contributed by atoms with Crippen molar-refractivity contribution in [1.82, 2.24) is 19.7 Å². The standard InChI is InChI=1S/C19H32N4O2/c1-16-11-23(12-17(2)25-16)15-19(24)14-22-9-7-21(8-10-22)13-18-5-3-4-6-20-18/h3-6,16-17,19,24H,7-15H2,1-2H3. The third kappa shape index (κ3) is 6.01. The van der Waals surface area contributed by atoms with Crippen LogP contribution in [0.15, 0.2) is 24.4 Å². The zero-order chi connectivity index (χ0) is 17.6. The van der Waals surface area contributed by atoms with Gasteiger partial charge in [0.2, 0.25) is 0 Å². The van der Waals surface area contributed by atoms with Crippen LogP contribution in [0, 0.1) is 0 Å². The van der Waals surface area contributed by atoms with E-state index >= 15 is 0 Å². The smallest absolute Gasteiger partial charge is 0.0793 e. The third-order valence-corrected chi connectivity index (χ3v) is 5.01. The first-order valence-electron chi connectivity index (χ1n) is 9.49. The summed E-state index contributed by atoms with van der Waals surface area (Å²) in [6, 6.07) is 6.08. The molecule has 0 radical (unpaired) electrons. The molecule has 2 fully saturated rings. The fraction of sp³-hybridized carbons (Fsp3) is 0.737. The molecule has 0 saturated carbocycles. The first-order chi connectivity index (χ1) is 12.1.